The van der Waals surface area contributed by atoms with Crippen LogP contribution in [0.25, 0.3) is 0 Å². The van der Waals surface area contributed by atoms with Gasteiger partial charge in [0.15, 0.2) is 5.96 Å². The Hall–Kier alpha value is -0.410. The molecular weight excluding hydrogens is 474 g/mol. The molecule has 1 fully saturated rings. The maximum Gasteiger partial charge on any atom is 0.191 e. The fourth-order valence-corrected chi connectivity index (χ4v) is 3.39. The molecule has 1 aromatic rings. The van der Waals surface area contributed by atoms with E-state index in [1.54, 1.807) is 7.05 Å². The molecule has 2 rings (SSSR count). The highest BCUT2D eigenvalue weighted by atomic mass is 127. The van der Waals surface area contributed by atoms with Crippen molar-refractivity contribution in [2.24, 2.45) is 4.99 Å². The van der Waals surface area contributed by atoms with E-state index in [9.17, 15) is 4.39 Å². The first-order valence-electron chi connectivity index (χ1n) is 7.76. The minimum Gasteiger partial charge on any atom is -0.355 e. The average Bonchev–Trinajstić information content (AvgIpc) is 2.94. The minimum absolute atomic E-state index is 0. The third kappa shape index (κ3) is 6.54. The number of aliphatic imine (C=N–C) groups is 1. The Morgan fingerprint density at radius 1 is 1.39 bits per heavy atom. The second kappa shape index (κ2) is 10.5. The van der Waals surface area contributed by atoms with Crippen molar-refractivity contribution in [2.75, 3.05) is 26.7 Å². The van der Waals surface area contributed by atoms with Crippen molar-refractivity contribution in [3.63, 3.8) is 0 Å². The predicted molar refractivity (Wildman–Crippen MR) is 108 cm³/mol. The molecule has 23 heavy (non-hydrogen) atoms. The second-order valence-electron chi connectivity index (χ2n) is 5.51. The van der Waals surface area contributed by atoms with Gasteiger partial charge in [0, 0.05) is 30.7 Å². The van der Waals surface area contributed by atoms with E-state index in [2.05, 4.69) is 43.4 Å². The SMILES string of the molecule is CCN1CCCC1CNC(=NC)NCc1cc(F)cc(Br)c1.I. The fraction of sp³-hybridized carbons (Fsp3) is 0.562. The molecule has 0 spiro atoms. The van der Waals surface area contributed by atoms with E-state index >= 15 is 0 Å². The molecular formula is C16H25BrFIN4. The number of rotatable bonds is 5. The summed E-state index contributed by atoms with van der Waals surface area (Å²) in [5, 5.41) is 6.60. The van der Waals surface area contributed by atoms with Crippen LogP contribution in [0, 0.1) is 5.82 Å². The Bertz CT molecular complexity index is 507. The molecule has 0 radical (unpaired) electrons. The van der Waals surface area contributed by atoms with Crippen LogP contribution in [0.5, 0.6) is 0 Å². The van der Waals surface area contributed by atoms with Crippen LogP contribution in [0.1, 0.15) is 25.3 Å². The fourth-order valence-electron chi connectivity index (χ4n) is 2.88. The smallest absolute Gasteiger partial charge is 0.191 e. The summed E-state index contributed by atoms with van der Waals surface area (Å²) in [5.74, 6) is 0.516. The molecule has 1 aliphatic rings. The van der Waals surface area contributed by atoms with E-state index in [0.717, 1.165) is 29.1 Å². The lowest BCUT2D eigenvalue weighted by Crippen LogP contribution is -2.44. The van der Waals surface area contributed by atoms with Crippen molar-refractivity contribution in [3.8, 4) is 0 Å². The van der Waals surface area contributed by atoms with Gasteiger partial charge in [-0.15, -0.1) is 24.0 Å². The monoisotopic (exact) mass is 498 g/mol. The Labute approximate surface area is 163 Å². The van der Waals surface area contributed by atoms with Gasteiger partial charge in [0.2, 0.25) is 0 Å². The van der Waals surface area contributed by atoms with E-state index in [1.165, 1.54) is 31.5 Å². The Morgan fingerprint density at radius 3 is 2.83 bits per heavy atom. The van der Waals surface area contributed by atoms with E-state index in [1.807, 2.05) is 6.07 Å². The molecule has 0 bridgehead atoms. The van der Waals surface area contributed by atoms with Gasteiger partial charge in [0.25, 0.3) is 0 Å². The number of guanidine groups is 1. The first kappa shape index (κ1) is 20.6. The number of benzene rings is 1. The normalized spacial score (nSPS) is 18.6. The summed E-state index contributed by atoms with van der Waals surface area (Å²) in [4.78, 5) is 6.72. The summed E-state index contributed by atoms with van der Waals surface area (Å²) in [7, 11) is 1.75. The van der Waals surface area contributed by atoms with Gasteiger partial charge in [-0.3, -0.25) is 9.89 Å². The Balaban J connectivity index is 0.00000264. The Morgan fingerprint density at radius 2 is 2.17 bits per heavy atom. The van der Waals surface area contributed by atoms with Gasteiger partial charge < -0.3 is 10.6 Å². The van der Waals surface area contributed by atoms with Gasteiger partial charge in [0.05, 0.1) is 0 Å². The van der Waals surface area contributed by atoms with Gasteiger partial charge in [-0.05, 0) is 49.7 Å². The van der Waals surface area contributed by atoms with Crippen molar-refractivity contribution < 1.29 is 4.39 Å². The molecule has 1 aromatic carbocycles. The number of hydrogen-bond donors (Lipinski definition) is 2. The maximum atomic E-state index is 13.4. The van der Waals surface area contributed by atoms with Crippen molar-refractivity contribution in [2.45, 2.75) is 32.4 Å². The number of hydrogen-bond acceptors (Lipinski definition) is 2. The summed E-state index contributed by atoms with van der Waals surface area (Å²) >= 11 is 3.31. The lowest BCUT2D eigenvalue weighted by molar-refractivity contribution is 0.267. The molecule has 0 aliphatic carbocycles. The molecule has 130 valence electrons. The van der Waals surface area contributed by atoms with E-state index in [0.29, 0.717) is 12.6 Å². The molecule has 0 amide bonds. The van der Waals surface area contributed by atoms with Crippen molar-refractivity contribution in [1.82, 2.24) is 15.5 Å². The zero-order valence-electron chi connectivity index (χ0n) is 13.6. The largest absolute Gasteiger partial charge is 0.355 e. The summed E-state index contributed by atoms with van der Waals surface area (Å²) in [5.41, 5.74) is 0.880. The molecule has 4 nitrogen and oxygen atoms in total. The van der Waals surface area contributed by atoms with E-state index in [4.69, 9.17) is 0 Å². The standard InChI is InChI=1S/C16H24BrFN4.HI/c1-3-22-6-4-5-15(22)11-21-16(19-2)20-10-12-7-13(17)9-14(18)8-12;/h7-9,15H,3-6,10-11H2,1-2H3,(H2,19,20,21);1H. The molecule has 0 saturated carbocycles. The van der Waals surface area contributed by atoms with Gasteiger partial charge in [0.1, 0.15) is 5.82 Å². The highest BCUT2D eigenvalue weighted by Gasteiger charge is 2.22. The highest BCUT2D eigenvalue weighted by Crippen LogP contribution is 2.16. The van der Waals surface area contributed by atoms with Crippen molar-refractivity contribution in [1.29, 1.82) is 0 Å². The molecule has 7 heteroatoms. The zero-order valence-corrected chi connectivity index (χ0v) is 17.5. The molecule has 1 heterocycles. The minimum atomic E-state index is -0.237. The molecule has 1 unspecified atom stereocenters. The van der Waals surface area contributed by atoms with Crippen LogP contribution in [0.15, 0.2) is 27.7 Å². The number of halogens is 3. The molecule has 2 N–H and O–H groups in total. The van der Waals surface area contributed by atoms with Crippen LogP contribution in [0.3, 0.4) is 0 Å². The van der Waals surface area contributed by atoms with Crippen LogP contribution in [-0.2, 0) is 6.54 Å². The summed E-state index contributed by atoms with van der Waals surface area (Å²) in [6, 6.07) is 5.46. The molecule has 1 aliphatic heterocycles. The van der Waals surface area contributed by atoms with Crippen LogP contribution >= 0.6 is 39.9 Å². The summed E-state index contributed by atoms with van der Waals surface area (Å²) in [6.45, 7) is 5.91. The number of likely N-dealkylation sites (N-methyl/N-ethyl adjacent to an activating group) is 1. The van der Waals surface area contributed by atoms with E-state index in [-0.39, 0.29) is 29.8 Å². The Kier molecular flexibility index (Phi) is 9.38. The highest BCUT2D eigenvalue weighted by molar-refractivity contribution is 14.0. The number of likely N-dealkylation sites (tertiary alicyclic amines) is 1. The zero-order chi connectivity index (χ0) is 15.9. The van der Waals surface area contributed by atoms with Gasteiger partial charge in [-0.25, -0.2) is 4.39 Å². The van der Waals surface area contributed by atoms with Crippen molar-refractivity contribution >= 4 is 45.9 Å². The van der Waals surface area contributed by atoms with E-state index < -0.39 is 0 Å². The lowest BCUT2D eigenvalue weighted by Gasteiger charge is -2.24. The second-order valence-corrected chi connectivity index (χ2v) is 6.42. The third-order valence-electron chi connectivity index (χ3n) is 4.02. The third-order valence-corrected chi connectivity index (χ3v) is 4.47. The van der Waals surface area contributed by atoms with Crippen LogP contribution in [-0.4, -0.2) is 43.6 Å². The lowest BCUT2D eigenvalue weighted by atomic mass is 10.2. The summed E-state index contributed by atoms with van der Waals surface area (Å²) < 4.78 is 14.1. The molecule has 0 aromatic heterocycles. The van der Waals surface area contributed by atoms with Gasteiger partial charge in [-0.1, -0.05) is 22.9 Å². The van der Waals surface area contributed by atoms with Crippen LogP contribution in [0.2, 0.25) is 0 Å². The molecule has 1 saturated heterocycles. The first-order chi connectivity index (χ1) is 10.6. The van der Waals surface area contributed by atoms with Crippen LogP contribution in [0.4, 0.5) is 4.39 Å². The maximum absolute atomic E-state index is 13.4. The topological polar surface area (TPSA) is 39.7 Å². The van der Waals surface area contributed by atoms with Crippen molar-refractivity contribution in [3.05, 3.63) is 34.1 Å². The summed E-state index contributed by atoms with van der Waals surface area (Å²) in [6.07, 6.45) is 2.50. The molecule has 1 atom stereocenters. The first-order valence-corrected chi connectivity index (χ1v) is 8.55. The van der Waals surface area contributed by atoms with Gasteiger partial charge in [-0.2, -0.15) is 0 Å². The van der Waals surface area contributed by atoms with Gasteiger partial charge >= 0.3 is 0 Å². The van der Waals surface area contributed by atoms with Crippen LogP contribution < -0.4 is 10.6 Å². The number of nitrogens with one attached hydrogen (secondary N) is 2. The predicted octanol–water partition coefficient (Wildman–Crippen LogP) is 3.36. The number of nitrogens with zero attached hydrogens (tertiary/aromatic N) is 2. The quantitative estimate of drug-likeness (QED) is 0.371. The average molecular weight is 499 g/mol.